The second-order valence-electron chi connectivity index (χ2n) is 9.59. The lowest BCUT2D eigenvalue weighted by atomic mass is 9.90. The summed E-state index contributed by atoms with van der Waals surface area (Å²) in [7, 11) is -26.8. The zero-order chi connectivity index (χ0) is 37.6. The first kappa shape index (κ1) is 38.3. The predicted molar refractivity (Wildman–Crippen MR) is 134 cm³/mol. The van der Waals surface area contributed by atoms with Crippen LogP contribution in [-0.2, 0) is 48.8 Å². The maximum absolute atomic E-state index is 13.1. The second-order valence-corrected chi connectivity index (χ2v) is 15.7. The van der Waals surface area contributed by atoms with Crippen LogP contribution in [0.2, 0.25) is 0 Å². The van der Waals surface area contributed by atoms with Gasteiger partial charge >= 0.3 is 62.5 Å². The van der Waals surface area contributed by atoms with Gasteiger partial charge in [-0.05, 0) is 46.9 Å². The lowest BCUT2D eigenvalue weighted by molar-refractivity contribution is -0.0613. The average molecular weight is 811 g/mol. The van der Waals surface area contributed by atoms with E-state index in [4.69, 9.17) is 0 Å². The Morgan fingerprint density at radius 3 is 1.35 bits per heavy atom. The van der Waals surface area contributed by atoms with Gasteiger partial charge in [0.15, 0.2) is 22.9 Å². The van der Waals surface area contributed by atoms with E-state index in [2.05, 4.69) is 16.7 Å². The standard InChI is InChI=1S/C21H10F12O12S4/c22-18(23,24)46(34,35)42-14-5-9-1-2-11-7-16(44-48(38,39)20(28,29)30)17(45-49(40,41)21(31,32)33)8-13(17)12(11)4-3-10(9)6-15(14)43-47(36,37)19(25,26)27/h1-7,13H,8H2/b2-1-,4-3-,9-1?,10-3?,11-2?,12-4?. The van der Waals surface area contributed by atoms with Gasteiger partial charge in [0.25, 0.3) is 0 Å². The Morgan fingerprint density at radius 2 is 0.939 bits per heavy atom. The molecule has 4 rings (SSSR count). The number of benzene rings is 1. The van der Waals surface area contributed by atoms with Gasteiger partial charge in [0.05, 0.1) is 0 Å². The van der Waals surface area contributed by atoms with Crippen LogP contribution in [0.1, 0.15) is 17.5 Å². The van der Waals surface area contributed by atoms with Crippen molar-refractivity contribution in [3.8, 4) is 11.5 Å². The summed E-state index contributed by atoms with van der Waals surface area (Å²) < 4.78 is 265. The Hall–Kier alpha value is -3.50. The predicted octanol–water partition coefficient (Wildman–Crippen LogP) is 4.87. The maximum Gasteiger partial charge on any atom is 0.534 e. The van der Waals surface area contributed by atoms with E-state index >= 15 is 0 Å². The van der Waals surface area contributed by atoms with Crippen LogP contribution in [0.3, 0.4) is 0 Å². The average Bonchev–Trinajstić information content (AvgIpc) is 3.58. The molecule has 0 N–H and O–H groups in total. The van der Waals surface area contributed by atoms with E-state index < -0.39 is 114 Å². The Balaban J connectivity index is 1.89. The monoisotopic (exact) mass is 810 g/mol. The molecule has 0 bridgehead atoms. The summed E-state index contributed by atoms with van der Waals surface area (Å²) in [5, 5.41) is 0. The molecule has 2 atom stereocenters. The van der Waals surface area contributed by atoms with E-state index in [0.29, 0.717) is 12.2 Å². The van der Waals surface area contributed by atoms with Gasteiger partial charge in [0.1, 0.15) is 0 Å². The molecule has 0 heterocycles. The third-order valence-electron chi connectivity index (χ3n) is 6.35. The fourth-order valence-corrected chi connectivity index (χ4v) is 6.31. The number of hydrogen-bond donors (Lipinski definition) is 0. The molecule has 0 aliphatic heterocycles. The molecular weight excluding hydrogens is 800 g/mol. The summed E-state index contributed by atoms with van der Waals surface area (Å²) in [6, 6.07) is 0.408. The van der Waals surface area contributed by atoms with Crippen LogP contribution in [0, 0.1) is 5.92 Å². The van der Waals surface area contributed by atoms with Crippen molar-refractivity contribution in [3.05, 3.63) is 58.4 Å². The summed E-state index contributed by atoms with van der Waals surface area (Å²) in [5.74, 6) is -6.98. The van der Waals surface area contributed by atoms with Gasteiger partial charge in [-0.25, -0.2) is 4.18 Å². The van der Waals surface area contributed by atoms with E-state index in [0.717, 1.165) is 18.2 Å². The highest BCUT2D eigenvalue weighted by Crippen LogP contribution is 2.62. The van der Waals surface area contributed by atoms with Crippen molar-refractivity contribution in [1.82, 2.24) is 0 Å². The van der Waals surface area contributed by atoms with Gasteiger partial charge in [-0.15, -0.1) is 0 Å². The summed E-state index contributed by atoms with van der Waals surface area (Å²) in [6.07, 6.45) is 2.25. The van der Waals surface area contributed by atoms with Crippen molar-refractivity contribution in [3.63, 3.8) is 0 Å². The maximum atomic E-state index is 13.1. The van der Waals surface area contributed by atoms with Gasteiger partial charge in [-0.2, -0.15) is 86.4 Å². The summed E-state index contributed by atoms with van der Waals surface area (Å²) in [4.78, 5) is 0. The van der Waals surface area contributed by atoms with Crippen molar-refractivity contribution in [2.75, 3.05) is 0 Å². The van der Waals surface area contributed by atoms with Crippen LogP contribution in [0.4, 0.5) is 52.7 Å². The zero-order valence-corrected chi connectivity index (χ0v) is 25.7. The van der Waals surface area contributed by atoms with Crippen LogP contribution in [0.15, 0.2) is 47.3 Å². The molecule has 3 aliphatic carbocycles. The second kappa shape index (κ2) is 11.3. The third-order valence-corrected chi connectivity index (χ3v) is 10.3. The molecule has 0 aromatic heterocycles. The van der Waals surface area contributed by atoms with Crippen molar-refractivity contribution < 1.29 is 103 Å². The molecule has 274 valence electrons. The summed E-state index contributed by atoms with van der Waals surface area (Å²) in [5.41, 5.74) is -29.9. The van der Waals surface area contributed by atoms with Crippen LogP contribution in [0.25, 0.3) is 12.2 Å². The lowest BCUT2D eigenvalue weighted by Gasteiger charge is -2.26. The highest BCUT2D eigenvalue weighted by atomic mass is 32.2. The van der Waals surface area contributed by atoms with E-state index in [-0.39, 0.29) is 17.7 Å². The van der Waals surface area contributed by atoms with E-state index in [1.807, 2.05) is 0 Å². The van der Waals surface area contributed by atoms with Crippen LogP contribution in [-0.4, -0.2) is 61.3 Å². The minimum Gasteiger partial charge on any atom is -0.377 e. The first-order valence-corrected chi connectivity index (χ1v) is 17.4. The SMILES string of the molecule is O=S(=O)(OC1=CC2=C(/C=C\c3cc(OS(=O)(=O)C(F)(F)F)c(OS(=O)(=O)C(F)(F)F)cc3/C=C\2)C2CC12OS(=O)(=O)C(F)(F)F)C(F)(F)F. The number of rotatable bonds is 8. The molecule has 28 heteroatoms. The highest BCUT2D eigenvalue weighted by molar-refractivity contribution is 7.88. The van der Waals surface area contributed by atoms with Gasteiger partial charge in [0, 0.05) is 5.92 Å². The molecule has 0 amide bonds. The first-order valence-electron chi connectivity index (χ1n) is 11.8. The summed E-state index contributed by atoms with van der Waals surface area (Å²) in [6.45, 7) is 0. The third kappa shape index (κ3) is 7.09. The van der Waals surface area contributed by atoms with Crippen molar-refractivity contribution >= 4 is 52.6 Å². The molecule has 1 aromatic rings. The molecule has 2 unspecified atom stereocenters. The smallest absolute Gasteiger partial charge is 0.377 e. The largest absolute Gasteiger partial charge is 0.534 e. The highest BCUT2D eigenvalue weighted by Gasteiger charge is 2.69. The Labute approximate surface area is 265 Å². The Bertz CT molecular complexity index is 2160. The fraction of sp³-hybridized carbons (Fsp3) is 0.333. The van der Waals surface area contributed by atoms with Gasteiger partial charge in [-0.3, -0.25) is 0 Å². The van der Waals surface area contributed by atoms with Crippen molar-refractivity contribution in [1.29, 1.82) is 0 Å². The number of alkyl halides is 12. The summed E-state index contributed by atoms with van der Waals surface area (Å²) >= 11 is 0. The van der Waals surface area contributed by atoms with Crippen molar-refractivity contribution in [2.45, 2.75) is 34.1 Å². The molecule has 1 fully saturated rings. The number of fused-ring (bicyclic) bond motifs is 3. The van der Waals surface area contributed by atoms with Crippen LogP contribution < -0.4 is 8.37 Å². The van der Waals surface area contributed by atoms with Gasteiger partial charge < -0.3 is 12.5 Å². The molecule has 3 aliphatic rings. The van der Waals surface area contributed by atoms with E-state index in [1.165, 1.54) is 0 Å². The van der Waals surface area contributed by atoms with Gasteiger partial charge in [0.2, 0.25) is 0 Å². The minimum atomic E-state index is -6.72. The quantitative estimate of drug-likeness (QED) is 0.199. The molecule has 49 heavy (non-hydrogen) atoms. The Kier molecular flexibility index (Phi) is 8.80. The molecule has 0 radical (unpaired) electrons. The van der Waals surface area contributed by atoms with E-state index in [1.54, 1.807) is 0 Å². The minimum absolute atomic E-state index is 0.199. The lowest BCUT2D eigenvalue weighted by Crippen LogP contribution is -2.37. The zero-order valence-electron chi connectivity index (χ0n) is 22.4. The van der Waals surface area contributed by atoms with Crippen LogP contribution in [0.5, 0.6) is 11.5 Å². The number of halogens is 12. The molecule has 0 saturated heterocycles. The van der Waals surface area contributed by atoms with E-state index in [9.17, 15) is 86.4 Å². The molecule has 1 aromatic carbocycles. The Morgan fingerprint density at radius 1 is 0.551 bits per heavy atom. The van der Waals surface area contributed by atoms with Crippen molar-refractivity contribution in [2.24, 2.45) is 5.92 Å². The molecule has 1 saturated carbocycles. The molecule has 12 nitrogen and oxygen atoms in total. The molecular formula is C21H10F12O12S4. The molecule has 0 spiro atoms. The van der Waals surface area contributed by atoms with Crippen LogP contribution >= 0.6 is 0 Å². The first-order chi connectivity index (χ1) is 21.7. The number of allylic oxidation sites excluding steroid dienone is 4. The topological polar surface area (TPSA) is 173 Å². The fourth-order valence-electron chi connectivity index (χ4n) is 4.12. The van der Waals surface area contributed by atoms with Gasteiger partial charge in [-0.1, -0.05) is 24.3 Å². The number of hydrogen-bond acceptors (Lipinski definition) is 12. The normalized spacial score (nSPS) is 23.2.